The summed E-state index contributed by atoms with van der Waals surface area (Å²) in [5.74, 6) is -2.42. The van der Waals surface area contributed by atoms with E-state index in [1.54, 1.807) is 17.0 Å². The van der Waals surface area contributed by atoms with Crippen LogP contribution in [0.2, 0.25) is 0 Å². The molecule has 0 aromatic heterocycles. The molecule has 2 aliphatic rings. The van der Waals surface area contributed by atoms with Gasteiger partial charge >= 0.3 is 0 Å². The molecule has 1 heterocycles. The van der Waals surface area contributed by atoms with Crippen molar-refractivity contribution in [2.45, 2.75) is 51.2 Å². The van der Waals surface area contributed by atoms with Gasteiger partial charge in [-0.2, -0.15) is 0 Å². The molecule has 6 heteroatoms. The molecule has 2 aromatic carbocycles. The van der Waals surface area contributed by atoms with Crippen LogP contribution in [0.15, 0.2) is 36.4 Å². The molecule has 1 saturated heterocycles. The lowest BCUT2D eigenvalue weighted by Crippen LogP contribution is -2.48. The van der Waals surface area contributed by atoms with Crippen molar-refractivity contribution in [3.63, 3.8) is 0 Å². The molecule has 2 fully saturated rings. The van der Waals surface area contributed by atoms with Crippen molar-refractivity contribution in [1.29, 1.82) is 0 Å². The molecule has 154 valence electrons. The highest BCUT2D eigenvalue weighted by molar-refractivity contribution is 5.84. The van der Waals surface area contributed by atoms with Gasteiger partial charge < -0.3 is 10.0 Å². The van der Waals surface area contributed by atoms with Gasteiger partial charge in [-0.25, -0.2) is 13.2 Å². The Labute approximate surface area is 168 Å². The van der Waals surface area contributed by atoms with Crippen molar-refractivity contribution in [2.75, 3.05) is 6.54 Å². The van der Waals surface area contributed by atoms with E-state index in [9.17, 15) is 18.7 Å². The first-order valence-electron chi connectivity index (χ1n) is 9.85. The van der Waals surface area contributed by atoms with Gasteiger partial charge in [0.2, 0.25) is 0 Å². The van der Waals surface area contributed by atoms with Crippen molar-refractivity contribution in [3.05, 3.63) is 59.4 Å². The van der Waals surface area contributed by atoms with Crippen LogP contribution < -0.4 is 0 Å². The number of nitrogens with zero attached hydrogens (tertiary/aromatic N) is 1. The van der Waals surface area contributed by atoms with Gasteiger partial charge in [0.25, 0.3) is 5.91 Å². The van der Waals surface area contributed by atoms with Gasteiger partial charge in [0, 0.05) is 24.2 Å². The number of halogens is 3. The molecule has 1 saturated carbocycles. The van der Waals surface area contributed by atoms with E-state index in [0.29, 0.717) is 18.5 Å². The summed E-state index contributed by atoms with van der Waals surface area (Å²) in [6, 6.07) is 7.52. The van der Waals surface area contributed by atoms with Crippen LogP contribution in [-0.4, -0.2) is 34.1 Å². The van der Waals surface area contributed by atoms with Crippen molar-refractivity contribution in [1.82, 2.24) is 4.90 Å². The quantitative estimate of drug-likeness (QED) is 0.819. The van der Waals surface area contributed by atoms with Crippen LogP contribution in [0.1, 0.15) is 38.7 Å². The Morgan fingerprint density at radius 2 is 1.83 bits per heavy atom. The Morgan fingerprint density at radius 1 is 1.17 bits per heavy atom. The summed E-state index contributed by atoms with van der Waals surface area (Å²) in [6.07, 6.45) is 3.13. The first-order valence-corrected chi connectivity index (χ1v) is 9.85. The van der Waals surface area contributed by atoms with Crippen molar-refractivity contribution in [3.8, 4) is 11.1 Å². The van der Waals surface area contributed by atoms with Crippen LogP contribution in [0.3, 0.4) is 0 Å². The monoisotopic (exact) mass is 403 g/mol. The Balaban J connectivity index is 1.64. The van der Waals surface area contributed by atoms with Gasteiger partial charge in [-0.1, -0.05) is 18.2 Å². The second-order valence-electron chi connectivity index (χ2n) is 8.99. The second kappa shape index (κ2) is 6.87. The summed E-state index contributed by atoms with van der Waals surface area (Å²) in [4.78, 5) is 14.4. The molecule has 1 aliphatic carbocycles. The van der Waals surface area contributed by atoms with E-state index < -0.39 is 23.1 Å². The smallest absolute Gasteiger partial charge is 0.254 e. The number of rotatable bonds is 4. The van der Waals surface area contributed by atoms with E-state index in [1.165, 1.54) is 19.9 Å². The average Bonchev–Trinajstić information content (AvgIpc) is 3.27. The zero-order valence-electron chi connectivity index (χ0n) is 16.5. The Hall–Kier alpha value is -2.34. The number of aliphatic hydroxyl groups is 1. The summed E-state index contributed by atoms with van der Waals surface area (Å²) < 4.78 is 42.4. The van der Waals surface area contributed by atoms with Crippen LogP contribution in [0.25, 0.3) is 11.1 Å². The first-order chi connectivity index (χ1) is 13.6. The molecule has 1 amide bonds. The lowest BCUT2D eigenvalue weighted by Gasteiger charge is -2.30. The molecule has 1 atom stereocenters. The normalized spacial score (nSPS) is 20.3. The highest BCUT2D eigenvalue weighted by atomic mass is 19.1. The minimum atomic E-state index is -1.49. The highest BCUT2D eigenvalue weighted by Crippen LogP contribution is 2.55. The largest absolute Gasteiger partial charge is 0.381 e. The standard InChI is InChI=1S/C23H24F3NO2/c1-22(2,29)21(28)27-13-23(6-7-23)12-18(27)10-14-4-3-5-19(20(14)26)15-8-16(24)11-17(25)9-15/h3-5,8-9,11,18,29H,6-7,10,12-13H2,1-2H3/t18-/m0/s1. The van der Waals surface area contributed by atoms with Crippen LogP contribution in [0.5, 0.6) is 0 Å². The second-order valence-corrected chi connectivity index (χ2v) is 8.99. The summed E-state index contributed by atoms with van der Waals surface area (Å²) >= 11 is 0. The molecule has 29 heavy (non-hydrogen) atoms. The van der Waals surface area contributed by atoms with Crippen LogP contribution in [0, 0.1) is 22.9 Å². The fourth-order valence-corrected chi connectivity index (χ4v) is 4.40. The molecule has 1 aliphatic heterocycles. The molecular weight excluding hydrogens is 379 g/mol. The van der Waals surface area contributed by atoms with Crippen LogP contribution >= 0.6 is 0 Å². The number of amides is 1. The molecular formula is C23H24F3NO2. The van der Waals surface area contributed by atoms with Crippen LogP contribution in [0.4, 0.5) is 13.2 Å². The lowest BCUT2D eigenvalue weighted by atomic mass is 9.95. The van der Waals surface area contributed by atoms with E-state index in [-0.39, 0.29) is 28.5 Å². The third kappa shape index (κ3) is 3.90. The summed E-state index contributed by atoms with van der Waals surface area (Å²) in [7, 11) is 0. The third-order valence-electron chi connectivity index (χ3n) is 6.06. The molecule has 0 unspecified atom stereocenters. The minimum Gasteiger partial charge on any atom is -0.381 e. The van der Waals surface area contributed by atoms with E-state index in [4.69, 9.17) is 0 Å². The Kier molecular flexibility index (Phi) is 4.73. The van der Waals surface area contributed by atoms with Crippen molar-refractivity contribution < 1.29 is 23.1 Å². The number of carbonyl (C=O) groups is 1. The zero-order valence-corrected chi connectivity index (χ0v) is 16.5. The maximum Gasteiger partial charge on any atom is 0.254 e. The Bertz CT molecular complexity index is 943. The van der Waals surface area contributed by atoms with Crippen molar-refractivity contribution >= 4 is 5.91 Å². The SMILES string of the molecule is CC(C)(O)C(=O)N1CC2(CC2)C[C@@H]1Cc1cccc(-c2cc(F)cc(F)c2)c1F. The third-order valence-corrected chi connectivity index (χ3v) is 6.06. The molecule has 0 radical (unpaired) electrons. The molecule has 4 rings (SSSR count). The summed E-state index contributed by atoms with van der Waals surface area (Å²) in [6.45, 7) is 3.50. The Morgan fingerprint density at radius 3 is 2.41 bits per heavy atom. The number of carbonyl (C=O) groups excluding carboxylic acids is 1. The summed E-state index contributed by atoms with van der Waals surface area (Å²) in [5.41, 5.74) is -0.746. The van der Waals surface area contributed by atoms with Gasteiger partial charge in [-0.3, -0.25) is 4.79 Å². The summed E-state index contributed by atoms with van der Waals surface area (Å²) in [5, 5.41) is 10.2. The minimum absolute atomic E-state index is 0.0886. The molecule has 2 aromatic rings. The molecule has 0 bridgehead atoms. The maximum absolute atomic E-state index is 15.2. The zero-order chi connectivity index (χ0) is 21.0. The van der Waals surface area contributed by atoms with Crippen LogP contribution in [-0.2, 0) is 11.2 Å². The van der Waals surface area contributed by atoms with Gasteiger partial charge in [-0.05, 0) is 68.2 Å². The van der Waals surface area contributed by atoms with E-state index in [1.807, 2.05) is 0 Å². The topological polar surface area (TPSA) is 40.5 Å². The van der Waals surface area contributed by atoms with Crippen molar-refractivity contribution in [2.24, 2.45) is 5.41 Å². The predicted octanol–water partition coefficient (Wildman–Crippen LogP) is 4.47. The lowest BCUT2D eigenvalue weighted by molar-refractivity contribution is -0.148. The molecule has 3 nitrogen and oxygen atoms in total. The number of benzene rings is 2. The van der Waals surface area contributed by atoms with Gasteiger partial charge in [0.1, 0.15) is 23.1 Å². The van der Waals surface area contributed by atoms with Gasteiger partial charge in [0.05, 0.1) is 0 Å². The maximum atomic E-state index is 15.2. The fraction of sp³-hybridized carbons (Fsp3) is 0.435. The van der Waals surface area contributed by atoms with Gasteiger partial charge in [0.15, 0.2) is 0 Å². The predicted molar refractivity (Wildman–Crippen MR) is 104 cm³/mol. The van der Waals surface area contributed by atoms with E-state index in [2.05, 4.69) is 0 Å². The van der Waals surface area contributed by atoms with Gasteiger partial charge in [-0.15, -0.1) is 0 Å². The number of hydrogen-bond donors (Lipinski definition) is 1. The molecule has 1 N–H and O–H groups in total. The van der Waals surface area contributed by atoms with E-state index in [0.717, 1.165) is 37.5 Å². The number of likely N-dealkylation sites (tertiary alicyclic amines) is 1. The number of hydrogen-bond acceptors (Lipinski definition) is 2. The highest BCUT2D eigenvalue weighted by Gasteiger charge is 2.54. The molecule has 1 spiro atoms. The fourth-order valence-electron chi connectivity index (χ4n) is 4.40. The first kappa shape index (κ1) is 20.0. The average molecular weight is 403 g/mol. The van der Waals surface area contributed by atoms with E-state index >= 15 is 4.39 Å².